The molecular weight excluding hydrogens is 442 g/mol. The van der Waals surface area contributed by atoms with Crippen molar-refractivity contribution in [2.45, 2.75) is 6.18 Å². The number of hydrogen-bond acceptors (Lipinski definition) is 6. The summed E-state index contributed by atoms with van der Waals surface area (Å²) in [5.41, 5.74) is -0.631. The first-order valence-corrected chi connectivity index (χ1v) is 9.53. The number of amides is 1. The highest BCUT2D eigenvalue weighted by atomic mass is 19.4. The fourth-order valence-corrected chi connectivity index (χ4v) is 3.34. The minimum Gasteiger partial charge on any atom is -0.364 e. The van der Waals surface area contributed by atoms with Gasteiger partial charge >= 0.3 is 6.18 Å². The van der Waals surface area contributed by atoms with Crippen molar-refractivity contribution in [3.05, 3.63) is 78.1 Å². The maximum Gasteiger partial charge on any atom is 0.417 e. The van der Waals surface area contributed by atoms with Crippen molar-refractivity contribution in [2.24, 2.45) is 0 Å². The first kappa shape index (κ1) is 20.4. The number of alkyl halides is 3. The lowest BCUT2D eigenvalue weighted by Crippen LogP contribution is -2.24. The Balaban J connectivity index is 1.77. The second kappa shape index (κ2) is 7.58. The van der Waals surface area contributed by atoms with E-state index in [1.807, 2.05) is 0 Å². The van der Waals surface area contributed by atoms with Crippen molar-refractivity contribution >= 4 is 28.4 Å². The van der Waals surface area contributed by atoms with E-state index in [2.05, 4.69) is 31.0 Å². The average molecular weight is 455 g/mol. The number of halogens is 4. The van der Waals surface area contributed by atoms with Crippen LogP contribution in [0.4, 0.5) is 23.5 Å². The number of nitrogens with zero attached hydrogens (tertiary/aromatic N) is 4. The topological polar surface area (TPSA) is 96.2 Å². The standard InChI is InChI=1S/C21H13F4N7O/c22-12-6-4-11(5-7-12)17-30-18-16-13(21(23,24)25)2-1-3-14(16)28-20(32(18)31-17)29-15-10-26-8-9-27-19(15)33/h1-10,26H,(H,27,33)(H,28,29). The van der Waals surface area contributed by atoms with Crippen LogP contribution in [0, 0.1) is 5.82 Å². The molecule has 0 radical (unpaired) electrons. The van der Waals surface area contributed by atoms with E-state index in [0.29, 0.717) is 5.56 Å². The van der Waals surface area contributed by atoms with Crippen molar-refractivity contribution in [2.75, 3.05) is 5.32 Å². The summed E-state index contributed by atoms with van der Waals surface area (Å²) in [5.74, 6) is -0.968. The summed E-state index contributed by atoms with van der Waals surface area (Å²) in [5, 5.41) is 12.1. The molecule has 0 bridgehead atoms. The van der Waals surface area contributed by atoms with Gasteiger partial charge in [-0.1, -0.05) is 6.07 Å². The van der Waals surface area contributed by atoms with Gasteiger partial charge < -0.3 is 16.0 Å². The lowest BCUT2D eigenvalue weighted by Gasteiger charge is -2.13. The highest BCUT2D eigenvalue weighted by Gasteiger charge is 2.34. The van der Waals surface area contributed by atoms with Crippen LogP contribution in [0.15, 0.2) is 66.8 Å². The van der Waals surface area contributed by atoms with Crippen molar-refractivity contribution in [3.63, 3.8) is 0 Å². The van der Waals surface area contributed by atoms with Gasteiger partial charge in [-0.25, -0.2) is 14.4 Å². The predicted octanol–water partition coefficient (Wildman–Crippen LogP) is 3.55. The summed E-state index contributed by atoms with van der Waals surface area (Å²) >= 11 is 0. The molecule has 166 valence electrons. The van der Waals surface area contributed by atoms with Crippen molar-refractivity contribution in [3.8, 4) is 11.4 Å². The predicted molar refractivity (Wildman–Crippen MR) is 111 cm³/mol. The number of hydrogen-bond donors (Lipinski definition) is 3. The van der Waals surface area contributed by atoms with Crippen molar-refractivity contribution in [1.82, 2.24) is 30.2 Å². The average Bonchev–Trinajstić information content (AvgIpc) is 3.13. The van der Waals surface area contributed by atoms with Gasteiger partial charge in [-0.15, -0.1) is 5.10 Å². The molecule has 2 aromatic heterocycles. The van der Waals surface area contributed by atoms with Gasteiger partial charge in [0.15, 0.2) is 11.5 Å². The van der Waals surface area contributed by atoms with Crippen LogP contribution in [0.2, 0.25) is 0 Å². The Morgan fingerprint density at radius 2 is 1.79 bits per heavy atom. The number of aromatic nitrogens is 4. The zero-order valence-corrected chi connectivity index (χ0v) is 16.5. The maximum atomic E-state index is 13.8. The van der Waals surface area contributed by atoms with Gasteiger partial charge in [-0.2, -0.15) is 17.7 Å². The molecule has 33 heavy (non-hydrogen) atoms. The molecular formula is C21H13F4N7O. The third-order valence-electron chi connectivity index (χ3n) is 4.82. The number of carbonyl (C=O) groups excluding carboxylic acids is 1. The van der Waals surface area contributed by atoms with Crippen LogP contribution in [0.1, 0.15) is 5.56 Å². The Morgan fingerprint density at radius 1 is 1.00 bits per heavy atom. The Morgan fingerprint density at radius 3 is 2.55 bits per heavy atom. The molecule has 4 aromatic rings. The van der Waals surface area contributed by atoms with E-state index in [-0.39, 0.29) is 34.0 Å². The van der Waals surface area contributed by atoms with Crippen LogP contribution >= 0.6 is 0 Å². The molecule has 1 aliphatic heterocycles. The van der Waals surface area contributed by atoms with Crippen LogP contribution in [0.3, 0.4) is 0 Å². The number of rotatable bonds is 3. The number of anilines is 1. The molecule has 0 aliphatic carbocycles. The third kappa shape index (κ3) is 3.71. The normalized spacial score (nSPS) is 14.1. The van der Waals surface area contributed by atoms with E-state index in [9.17, 15) is 22.4 Å². The summed E-state index contributed by atoms with van der Waals surface area (Å²) in [6.07, 6.45) is -0.444. The van der Waals surface area contributed by atoms with E-state index in [1.54, 1.807) is 0 Å². The number of carbonyl (C=O) groups is 1. The van der Waals surface area contributed by atoms with Crippen LogP contribution in [0.25, 0.3) is 27.9 Å². The van der Waals surface area contributed by atoms with Crippen LogP contribution < -0.4 is 16.0 Å². The fourth-order valence-electron chi connectivity index (χ4n) is 3.34. The molecule has 0 saturated carbocycles. The minimum absolute atomic E-state index is 0.00130. The van der Waals surface area contributed by atoms with E-state index in [1.165, 1.54) is 55.0 Å². The van der Waals surface area contributed by atoms with Crippen LogP contribution in [-0.2, 0) is 11.0 Å². The first-order valence-electron chi connectivity index (χ1n) is 9.53. The van der Waals surface area contributed by atoms with Crippen LogP contribution in [-0.4, -0.2) is 25.5 Å². The highest BCUT2D eigenvalue weighted by molar-refractivity contribution is 5.99. The molecule has 0 fully saturated rings. The number of fused-ring (bicyclic) bond motifs is 3. The van der Waals surface area contributed by atoms with Gasteiger partial charge in [0.1, 0.15) is 11.5 Å². The van der Waals surface area contributed by atoms with E-state index >= 15 is 0 Å². The third-order valence-corrected chi connectivity index (χ3v) is 4.82. The first-order chi connectivity index (χ1) is 15.8. The Labute approximate surface area is 182 Å². The van der Waals surface area contributed by atoms with Crippen LogP contribution in [0.5, 0.6) is 0 Å². The quantitative estimate of drug-likeness (QED) is 0.409. The van der Waals surface area contributed by atoms with Gasteiger partial charge in [0.2, 0.25) is 5.95 Å². The van der Waals surface area contributed by atoms with Crippen molar-refractivity contribution in [1.29, 1.82) is 0 Å². The number of benzene rings is 2. The molecule has 3 heterocycles. The Hall–Kier alpha value is -4.48. The molecule has 1 aliphatic rings. The summed E-state index contributed by atoms with van der Waals surface area (Å²) in [4.78, 5) is 20.9. The fraction of sp³-hybridized carbons (Fsp3) is 0.0476. The minimum atomic E-state index is -4.67. The van der Waals surface area contributed by atoms with E-state index < -0.39 is 23.5 Å². The summed E-state index contributed by atoms with van der Waals surface area (Å²) in [6.45, 7) is 0. The highest BCUT2D eigenvalue weighted by Crippen LogP contribution is 2.37. The molecule has 0 atom stereocenters. The Kier molecular flexibility index (Phi) is 4.69. The Bertz CT molecular complexity index is 1460. The largest absolute Gasteiger partial charge is 0.417 e. The maximum absolute atomic E-state index is 13.8. The monoisotopic (exact) mass is 455 g/mol. The summed E-state index contributed by atoms with van der Waals surface area (Å²) in [7, 11) is 0. The summed E-state index contributed by atoms with van der Waals surface area (Å²) in [6, 6.07) is 8.78. The second-order valence-corrected chi connectivity index (χ2v) is 6.97. The van der Waals surface area contributed by atoms with E-state index in [4.69, 9.17) is 0 Å². The molecule has 0 saturated heterocycles. The number of nitrogens with one attached hydrogen (secondary N) is 3. The molecule has 5 rings (SSSR count). The van der Waals surface area contributed by atoms with Gasteiger partial charge in [-0.05, 0) is 36.4 Å². The zero-order chi connectivity index (χ0) is 23.2. The molecule has 0 spiro atoms. The molecule has 1 amide bonds. The van der Waals surface area contributed by atoms with E-state index in [0.717, 1.165) is 10.6 Å². The molecule has 3 N–H and O–H groups in total. The lowest BCUT2D eigenvalue weighted by atomic mass is 10.1. The second-order valence-electron chi connectivity index (χ2n) is 6.97. The van der Waals surface area contributed by atoms with Gasteiger partial charge in [0.05, 0.1) is 16.5 Å². The van der Waals surface area contributed by atoms with Gasteiger partial charge in [-0.3, -0.25) is 4.79 Å². The molecule has 2 aromatic carbocycles. The van der Waals surface area contributed by atoms with Gasteiger partial charge in [0.25, 0.3) is 5.91 Å². The SMILES string of the molecule is O=C1NC=CNC=C1Nc1nc2cccc(C(F)(F)F)c2c2nc(-c3ccc(F)cc3)nn12. The smallest absolute Gasteiger partial charge is 0.364 e. The summed E-state index contributed by atoms with van der Waals surface area (Å²) < 4.78 is 55.7. The lowest BCUT2D eigenvalue weighted by molar-refractivity contribution is -0.136. The molecule has 8 nitrogen and oxygen atoms in total. The zero-order valence-electron chi connectivity index (χ0n) is 16.5. The van der Waals surface area contributed by atoms with Gasteiger partial charge in [0, 0.05) is 24.2 Å². The molecule has 0 unspecified atom stereocenters. The van der Waals surface area contributed by atoms with Crippen molar-refractivity contribution < 1.29 is 22.4 Å². The molecule has 12 heteroatoms.